The van der Waals surface area contributed by atoms with Gasteiger partial charge >= 0.3 is 5.97 Å². The third-order valence-electron chi connectivity index (χ3n) is 4.20. The first kappa shape index (κ1) is 14.8. The van der Waals surface area contributed by atoms with Crippen LogP contribution < -0.4 is 5.32 Å². The number of carboxylic acid groups (broad SMARTS) is 1. The molecular formula is C14H26N2O3. The van der Waals surface area contributed by atoms with Gasteiger partial charge in [0.1, 0.15) is 6.04 Å². The average Bonchev–Trinajstić information content (AvgIpc) is 2.43. The molecule has 0 spiro atoms. The minimum atomic E-state index is -0.743. The lowest BCUT2D eigenvalue weighted by Crippen LogP contribution is -2.57. The number of hydrogen-bond acceptors (Lipinski definition) is 4. The van der Waals surface area contributed by atoms with E-state index in [0.717, 1.165) is 39.0 Å². The van der Waals surface area contributed by atoms with Gasteiger partial charge in [0.25, 0.3) is 0 Å². The number of aliphatic carboxylic acids is 1. The molecule has 3 unspecified atom stereocenters. The third kappa shape index (κ3) is 3.91. The van der Waals surface area contributed by atoms with Crippen molar-refractivity contribution in [1.29, 1.82) is 0 Å². The van der Waals surface area contributed by atoms with Crippen molar-refractivity contribution in [2.45, 2.75) is 57.2 Å². The van der Waals surface area contributed by atoms with Crippen molar-refractivity contribution in [2.75, 3.05) is 26.2 Å². The maximum absolute atomic E-state index is 11.3. The standard InChI is InChI=1S/C14H26N2O3/c1-2-7-15-11(14(17)18)10-16-8-9-19-13-6-4-3-5-12(13)16/h11-13,15H,2-10H2,1H3,(H,17,18). The number of nitrogens with zero attached hydrogens (tertiary/aromatic N) is 1. The fourth-order valence-electron chi connectivity index (χ4n) is 3.19. The summed E-state index contributed by atoms with van der Waals surface area (Å²) < 4.78 is 5.83. The SMILES string of the molecule is CCCNC(CN1CCOC2CCCCC21)C(=O)O. The summed E-state index contributed by atoms with van der Waals surface area (Å²) in [6, 6.07) is -0.0339. The Balaban J connectivity index is 1.92. The second-order valence-electron chi connectivity index (χ2n) is 5.60. The molecule has 3 atom stereocenters. The smallest absolute Gasteiger partial charge is 0.322 e. The van der Waals surface area contributed by atoms with Crippen LogP contribution in [0.1, 0.15) is 39.0 Å². The molecule has 1 aliphatic heterocycles. The molecule has 2 fully saturated rings. The van der Waals surface area contributed by atoms with Crippen molar-refractivity contribution in [3.05, 3.63) is 0 Å². The van der Waals surface area contributed by atoms with Crippen LogP contribution in [0.3, 0.4) is 0 Å². The minimum absolute atomic E-state index is 0.322. The molecule has 110 valence electrons. The second-order valence-corrected chi connectivity index (χ2v) is 5.60. The first-order valence-electron chi connectivity index (χ1n) is 7.54. The van der Waals surface area contributed by atoms with E-state index in [2.05, 4.69) is 17.1 Å². The monoisotopic (exact) mass is 270 g/mol. The molecular weight excluding hydrogens is 244 g/mol. The topological polar surface area (TPSA) is 61.8 Å². The Bertz CT molecular complexity index is 296. The molecule has 19 heavy (non-hydrogen) atoms. The zero-order valence-electron chi connectivity index (χ0n) is 11.8. The van der Waals surface area contributed by atoms with Gasteiger partial charge in [-0.25, -0.2) is 0 Å². The summed E-state index contributed by atoms with van der Waals surface area (Å²) in [6.45, 7) is 5.01. The molecule has 5 heteroatoms. The van der Waals surface area contributed by atoms with Gasteiger partial charge in [-0.1, -0.05) is 19.8 Å². The number of morpholine rings is 1. The largest absolute Gasteiger partial charge is 0.480 e. The average molecular weight is 270 g/mol. The molecule has 0 aromatic rings. The number of hydrogen-bond donors (Lipinski definition) is 2. The molecule has 2 aliphatic rings. The predicted octanol–water partition coefficient (Wildman–Crippen LogP) is 1.08. The van der Waals surface area contributed by atoms with Crippen LogP contribution in [0.4, 0.5) is 0 Å². The molecule has 5 nitrogen and oxygen atoms in total. The van der Waals surface area contributed by atoms with Crippen molar-refractivity contribution in [1.82, 2.24) is 10.2 Å². The number of nitrogens with one attached hydrogen (secondary N) is 1. The van der Waals surface area contributed by atoms with Crippen LogP contribution in [0.2, 0.25) is 0 Å². The number of rotatable bonds is 6. The summed E-state index contributed by atoms with van der Waals surface area (Å²) in [5, 5.41) is 12.4. The van der Waals surface area contributed by atoms with E-state index in [1.54, 1.807) is 0 Å². The van der Waals surface area contributed by atoms with Crippen LogP contribution in [0.15, 0.2) is 0 Å². The summed E-state index contributed by atoms with van der Waals surface area (Å²) in [5.41, 5.74) is 0. The number of carboxylic acids is 1. The van der Waals surface area contributed by atoms with E-state index < -0.39 is 12.0 Å². The Hall–Kier alpha value is -0.650. The number of fused-ring (bicyclic) bond motifs is 1. The highest BCUT2D eigenvalue weighted by Crippen LogP contribution is 2.28. The quantitative estimate of drug-likeness (QED) is 0.756. The Labute approximate surface area is 115 Å². The fourth-order valence-corrected chi connectivity index (χ4v) is 3.19. The molecule has 1 saturated heterocycles. The second kappa shape index (κ2) is 7.22. The highest BCUT2D eigenvalue weighted by molar-refractivity contribution is 5.73. The van der Waals surface area contributed by atoms with Crippen LogP contribution in [0.5, 0.6) is 0 Å². The Morgan fingerprint density at radius 2 is 2.26 bits per heavy atom. The van der Waals surface area contributed by atoms with Crippen molar-refractivity contribution >= 4 is 5.97 Å². The zero-order chi connectivity index (χ0) is 13.7. The first-order valence-corrected chi connectivity index (χ1v) is 7.54. The molecule has 0 radical (unpaired) electrons. The molecule has 1 saturated carbocycles. The molecule has 2 rings (SSSR count). The van der Waals surface area contributed by atoms with Crippen molar-refractivity contribution < 1.29 is 14.6 Å². The summed E-state index contributed by atoms with van der Waals surface area (Å²) in [4.78, 5) is 13.6. The van der Waals surface area contributed by atoms with Crippen molar-refractivity contribution in [3.63, 3.8) is 0 Å². The van der Waals surface area contributed by atoms with Crippen LogP contribution in [-0.2, 0) is 9.53 Å². The lowest BCUT2D eigenvalue weighted by molar-refractivity contribution is -0.142. The lowest BCUT2D eigenvalue weighted by atomic mass is 9.90. The fraction of sp³-hybridized carbons (Fsp3) is 0.929. The molecule has 0 bridgehead atoms. The van der Waals surface area contributed by atoms with Gasteiger partial charge < -0.3 is 15.2 Å². The maximum Gasteiger partial charge on any atom is 0.322 e. The number of carbonyl (C=O) groups is 1. The summed E-state index contributed by atoms with van der Waals surface area (Å²) >= 11 is 0. The normalized spacial score (nSPS) is 29.7. The molecule has 1 aliphatic carbocycles. The van der Waals surface area contributed by atoms with E-state index in [1.165, 1.54) is 12.8 Å². The highest BCUT2D eigenvalue weighted by atomic mass is 16.5. The van der Waals surface area contributed by atoms with Crippen molar-refractivity contribution in [2.24, 2.45) is 0 Å². The van der Waals surface area contributed by atoms with Gasteiger partial charge in [-0.2, -0.15) is 0 Å². The van der Waals surface area contributed by atoms with E-state index in [-0.39, 0.29) is 0 Å². The van der Waals surface area contributed by atoms with Gasteiger partial charge in [-0.3, -0.25) is 9.69 Å². The summed E-state index contributed by atoms with van der Waals surface area (Å²) in [6.07, 6.45) is 6.03. The van der Waals surface area contributed by atoms with Gasteiger partial charge in [-0.05, 0) is 25.8 Å². The van der Waals surface area contributed by atoms with E-state index >= 15 is 0 Å². The van der Waals surface area contributed by atoms with Crippen LogP contribution in [0.25, 0.3) is 0 Å². The highest BCUT2D eigenvalue weighted by Gasteiger charge is 2.35. The third-order valence-corrected chi connectivity index (χ3v) is 4.20. The number of ether oxygens (including phenoxy) is 1. The molecule has 1 heterocycles. The van der Waals surface area contributed by atoms with Gasteiger partial charge in [0, 0.05) is 19.1 Å². The molecule has 0 aromatic heterocycles. The Morgan fingerprint density at radius 1 is 1.47 bits per heavy atom. The van der Waals surface area contributed by atoms with E-state index in [1.807, 2.05) is 0 Å². The van der Waals surface area contributed by atoms with Crippen LogP contribution in [0, 0.1) is 0 Å². The van der Waals surface area contributed by atoms with Gasteiger partial charge in [0.05, 0.1) is 12.7 Å². The minimum Gasteiger partial charge on any atom is -0.480 e. The predicted molar refractivity (Wildman–Crippen MR) is 73.3 cm³/mol. The summed E-state index contributed by atoms with van der Waals surface area (Å²) in [7, 11) is 0. The Kier molecular flexibility index (Phi) is 5.60. The van der Waals surface area contributed by atoms with Gasteiger partial charge in [0.15, 0.2) is 0 Å². The molecule has 0 aromatic carbocycles. The van der Waals surface area contributed by atoms with E-state index in [0.29, 0.717) is 18.7 Å². The van der Waals surface area contributed by atoms with E-state index in [4.69, 9.17) is 4.74 Å². The summed E-state index contributed by atoms with van der Waals surface area (Å²) in [5.74, 6) is -0.743. The Morgan fingerprint density at radius 3 is 3.00 bits per heavy atom. The first-order chi connectivity index (χ1) is 9.22. The van der Waals surface area contributed by atoms with E-state index in [9.17, 15) is 9.90 Å². The van der Waals surface area contributed by atoms with Crippen molar-refractivity contribution in [3.8, 4) is 0 Å². The van der Waals surface area contributed by atoms with Gasteiger partial charge in [0.2, 0.25) is 0 Å². The molecule has 0 amide bonds. The van der Waals surface area contributed by atoms with Crippen LogP contribution in [-0.4, -0.2) is 60.4 Å². The van der Waals surface area contributed by atoms with Gasteiger partial charge in [-0.15, -0.1) is 0 Å². The maximum atomic E-state index is 11.3. The zero-order valence-corrected chi connectivity index (χ0v) is 11.8. The van der Waals surface area contributed by atoms with Crippen LogP contribution >= 0.6 is 0 Å². The molecule has 2 N–H and O–H groups in total. The lowest BCUT2D eigenvalue weighted by Gasteiger charge is -2.44.